The lowest BCUT2D eigenvalue weighted by atomic mass is 9.89. The first-order valence-electron chi connectivity index (χ1n) is 11.8. The Morgan fingerprint density at radius 1 is 0.919 bits per heavy atom. The van der Waals surface area contributed by atoms with Crippen molar-refractivity contribution in [1.82, 2.24) is 4.90 Å². The van der Waals surface area contributed by atoms with Crippen LogP contribution in [0.5, 0.6) is 11.5 Å². The molecule has 37 heavy (non-hydrogen) atoms. The van der Waals surface area contributed by atoms with E-state index in [0.29, 0.717) is 24.3 Å². The number of anilines is 1. The van der Waals surface area contributed by atoms with Crippen LogP contribution in [-0.2, 0) is 16.1 Å². The van der Waals surface area contributed by atoms with Gasteiger partial charge < -0.3 is 19.5 Å². The Morgan fingerprint density at radius 3 is 2.00 bits per heavy atom. The molecule has 1 fully saturated rings. The first kappa shape index (κ1) is 26.2. The van der Waals surface area contributed by atoms with Crippen LogP contribution in [0.15, 0.2) is 78.9 Å². The van der Waals surface area contributed by atoms with Crippen LogP contribution < -0.4 is 13.8 Å². The van der Waals surface area contributed by atoms with Crippen LogP contribution in [0.3, 0.4) is 0 Å². The molecule has 2 N–H and O–H groups in total. The van der Waals surface area contributed by atoms with Gasteiger partial charge in [-0.3, -0.25) is 8.86 Å². The number of methoxy groups -OCH3 is 1. The fraction of sp³-hybridized carbons (Fsp3) is 0.259. The molecule has 2 atom stereocenters. The monoisotopic (exact) mass is 524 g/mol. The van der Waals surface area contributed by atoms with Crippen LogP contribution in [0.25, 0.3) is 11.1 Å². The number of benzene rings is 3. The van der Waals surface area contributed by atoms with E-state index in [0.717, 1.165) is 21.2 Å². The van der Waals surface area contributed by atoms with Gasteiger partial charge >= 0.3 is 12.1 Å². The molecule has 1 aliphatic rings. The van der Waals surface area contributed by atoms with Crippen molar-refractivity contribution in [3.63, 3.8) is 0 Å². The van der Waals surface area contributed by atoms with Gasteiger partial charge in [-0.15, -0.1) is 0 Å². The summed E-state index contributed by atoms with van der Waals surface area (Å²) in [7, 11) is 1.59. The van der Waals surface area contributed by atoms with E-state index in [4.69, 9.17) is 9.47 Å². The van der Waals surface area contributed by atoms with E-state index >= 15 is 0 Å². The smallest absolute Gasteiger partial charge is 0.415 e. The number of carboxylic acids is 1. The van der Waals surface area contributed by atoms with Crippen LogP contribution in [0.1, 0.15) is 12.8 Å². The zero-order valence-electron chi connectivity index (χ0n) is 20.2. The number of para-hydroxylation sites is 1. The predicted molar refractivity (Wildman–Crippen MR) is 140 cm³/mol. The van der Waals surface area contributed by atoms with E-state index in [2.05, 4.69) is 0 Å². The molecule has 0 radical (unpaired) electrons. The molecule has 1 saturated heterocycles. The molecular weight excluding hydrogens is 496 g/mol. The van der Waals surface area contributed by atoms with E-state index < -0.39 is 35.3 Å². The number of hydrogen-bond donors (Lipinski definition) is 2. The Bertz CT molecular complexity index is 1230. The third-order valence-electron chi connectivity index (χ3n) is 6.41. The molecule has 9 nitrogen and oxygen atoms in total. The number of carboxylic acid groups (broad SMARTS) is 1. The number of piperidine rings is 1. The topological polar surface area (TPSA) is 117 Å². The number of nitrogens with zero attached hydrogens (tertiary/aromatic N) is 2. The van der Waals surface area contributed by atoms with E-state index in [1.165, 1.54) is 4.90 Å². The maximum Gasteiger partial charge on any atom is 0.415 e. The van der Waals surface area contributed by atoms with Gasteiger partial charge in [-0.2, -0.15) is 0 Å². The summed E-state index contributed by atoms with van der Waals surface area (Å²) in [5, 5.41) is 10.1. The summed E-state index contributed by atoms with van der Waals surface area (Å²) in [4.78, 5) is 26.3. The Labute approximate surface area is 217 Å². The molecule has 1 amide bonds. The van der Waals surface area contributed by atoms with Crippen molar-refractivity contribution in [1.29, 1.82) is 0 Å². The standard InChI is InChI=1S/C27H28N2O7S/c1-35-23-13-9-20(10-14-23)19-7-11-22(12-8-19)29(37(33)34)25(26(30)31)21-15-17-28(18-16-21)27(32)36-24-5-3-2-4-6-24/h2-14,21,25H,15-18H2,1H3,(H,30,31)(H,33,34). The van der Waals surface area contributed by atoms with Gasteiger partial charge in [0, 0.05) is 13.1 Å². The zero-order valence-corrected chi connectivity index (χ0v) is 21.0. The number of ether oxygens (including phenoxy) is 2. The largest absolute Gasteiger partial charge is 0.497 e. The van der Waals surface area contributed by atoms with Crippen LogP contribution in [-0.4, -0.2) is 57.1 Å². The van der Waals surface area contributed by atoms with Crippen molar-refractivity contribution in [2.45, 2.75) is 18.9 Å². The summed E-state index contributed by atoms with van der Waals surface area (Å²) < 4.78 is 34.0. The second-order valence-corrected chi connectivity index (χ2v) is 9.48. The van der Waals surface area contributed by atoms with Gasteiger partial charge in [-0.25, -0.2) is 13.8 Å². The van der Waals surface area contributed by atoms with Gasteiger partial charge in [0.25, 0.3) is 11.3 Å². The summed E-state index contributed by atoms with van der Waals surface area (Å²) >= 11 is -2.58. The molecule has 0 bridgehead atoms. The molecule has 1 heterocycles. The highest BCUT2D eigenvalue weighted by Crippen LogP contribution is 2.31. The van der Waals surface area contributed by atoms with Gasteiger partial charge in [0.15, 0.2) is 0 Å². The minimum absolute atomic E-state index is 0.280. The number of hydrogen-bond acceptors (Lipinski definition) is 5. The number of carbonyl (C=O) groups excluding carboxylic acids is 1. The third-order valence-corrected chi connectivity index (χ3v) is 7.19. The highest BCUT2D eigenvalue weighted by atomic mass is 32.2. The minimum Gasteiger partial charge on any atom is -0.497 e. The van der Waals surface area contributed by atoms with Crippen molar-refractivity contribution in [2.75, 3.05) is 24.5 Å². The quantitative estimate of drug-likeness (QED) is 0.411. The molecular formula is C27H28N2O7S. The first-order chi connectivity index (χ1) is 17.9. The van der Waals surface area contributed by atoms with Crippen molar-refractivity contribution in [2.24, 2.45) is 5.92 Å². The molecule has 4 rings (SSSR count). The van der Waals surface area contributed by atoms with E-state index in [1.54, 1.807) is 55.6 Å². The molecule has 0 aliphatic carbocycles. The fourth-order valence-corrected chi connectivity index (χ4v) is 5.24. The predicted octanol–water partition coefficient (Wildman–Crippen LogP) is 4.67. The van der Waals surface area contributed by atoms with Gasteiger partial charge in [0.1, 0.15) is 17.5 Å². The third kappa shape index (κ3) is 6.28. The average Bonchev–Trinajstić information content (AvgIpc) is 2.92. The van der Waals surface area contributed by atoms with Crippen LogP contribution in [0.2, 0.25) is 0 Å². The lowest BCUT2D eigenvalue weighted by Crippen LogP contribution is -2.51. The number of amides is 1. The Hall–Kier alpha value is -3.89. The van der Waals surface area contributed by atoms with Crippen LogP contribution in [0.4, 0.5) is 10.5 Å². The van der Waals surface area contributed by atoms with Crippen LogP contribution in [0, 0.1) is 5.92 Å². The summed E-state index contributed by atoms with van der Waals surface area (Å²) in [6.07, 6.45) is 0.185. The van der Waals surface area contributed by atoms with Gasteiger partial charge in [0.05, 0.1) is 12.8 Å². The maximum atomic E-state index is 12.5. The van der Waals surface area contributed by atoms with Crippen molar-refractivity contribution in [3.05, 3.63) is 78.9 Å². The van der Waals surface area contributed by atoms with E-state index in [1.807, 2.05) is 30.3 Å². The number of aliphatic carboxylic acids is 1. The fourth-order valence-electron chi connectivity index (χ4n) is 4.48. The SMILES string of the molecule is COc1ccc(-c2ccc(N(C(C(=O)O)C3CCN(C(=O)Oc4ccccc4)CC3)S(=O)O)cc2)cc1. The summed E-state index contributed by atoms with van der Waals surface area (Å²) in [6.45, 7) is 0.560. The molecule has 2 unspecified atom stereocenters. The van der Waals surface area contributed by atoms with E-state index in [9.17, 15) is 23.5 Å². The average molecular weight is 525 g/mol. The van der Waals surface area contributed by atoms with Gasteiger partial charge in [-0.1, -0.05) is 42.5 Å². The normalized spacial score (nSPS) is 15.5. The van der Waals surface area contributed by atoms with Gasteiger partial charge in [-0.05, 0) is 66.3 Å². The second-order valence-electron chi connectivity index (χ2n) is 8.62. The number of likely N-dealkylation sites (tertiary alicyclic amines) is 1. The molecule has 0 spiro atoms. The first-order valence-corrected chi connectivity index (χ1v) is 12.8. The molecule has 10 heteroatoms. The summed E-state index contributed by atoms with van der Waals surface area (Å²) in [6, 6.07) is 21.7. The van der Waals surface area contributed by atoms with Crippen molar-refractivity contribution < 1.29 is 32.9 Å². The lowest BCUT2D eigenvalue weighted by molar-refractivity contribution is -0.140. The number of carbonyl (C=O) groups is 2. The number of rotatable bonds is 8. The second kappa shape index (κ2) is 11.9. The Kier molecular flexibility index (Phi) is 8.42. The lowest BCUT2D eigenvalue weighted by Gasteiger charge is -2.37. The highest BCUT2D eigenvalue weighted by molar-refractivity contribution is 7.80. The zero-order chi connectivity index (χ0) is 26.4. The molecule has 194 valence electrons. The van der Waals surface area contributed by atoms with Crippen molar-refractivity contribution >= 4 is 29.0 Å². The Balaban J connectivity index is 1.47. The van der Waals surface area contributed by atoms with Crippen LogP contribution >= 0.6 is 0 Å². The minimum atomic E-state index is -2.58. The summed E-state index contributed by atoms with van der Waals surface area (Å²) in [5.41, 5.74) is 2.11. The molecule has 3 aromatic rings. The summed E-state index contributed by atoms with van der Waals surface area (Å²) in [5.74, 6) is -0.494. The van der Waals surface area contributed by atoms with Gasteiger partial charge in [0.2, 0.25) is 0 Å². The molecule has 1 aliphatic heterocycles. The molecule has 3 aromatic carbocycles. The molecule has 0 saturated carbocycles. The maximum absolute atomic E-state index is 12.5. The Morgan fingerprint density at radius 2 is 1.49 bits per heavy atom. The molecule has 0 aromatic heterocycles. The van der Waals surface area contributed by atoms with E-state index in [-0.39, 0.29) is 13.1 Å². The highest BCUT2D eigenvalue weighted by Gasteiger charge is 2.39. The van der Waals surface area contributed by atoms with Crippen molar-refractivity contribution in [3.8, 4) is 22.6 Å².